The first kappa shape index (κ1) is 13.5. The fraction of sp³-hybridized carbons (Fsp3) is 0.0714. The second kappa shape index (κ2) is 5.36. The van der Waals surface area contributed by atoms with Gasteiger partial charge in [0.15, 0.2) is 0 Å². The van der Waals surface area contributed by atoms with Gasteiger partial charge in [0.05, 0.1) is 5.56 Å². The van der Waals surface area contributed by atoms with Crippen LogP contribution in [0.2, 0.25) is 5.02 Å². The number of hydrogen-bond acceptors (Lipinski definition) is 1. The van der Waals surface area contributed by atoms with Crippen molar-refractivity contribution in [2.45, 2.75) is 0 Å². The Bertz CT molecular complexity index is 613. The summed E-state index contributed by atoms with van der Waals surface area (Å²) >= 11 is 5.75. The minimum atomic E-state index is -0.650. The maximum absolute atomic E-state index is 13.6. The number of nitrogens with zero attached hydrogens (tertiary/aromatic N) is 1. The van der Waals surface area contributed by atoms with Gasteiger partial charge >= 0.3 is 0 Å². The topological polar surface area (TPSA) is 20.3 Å². The number of halogens is 3. The summed E-state index contributed by atoms with van der Waals surface area (Å²) in [5.41, 5.74) is 0.338. The van der Waals surface area contributed by atoms with Crippen LogP contribution in [0, 0.1) is 11.6 Å². The first-order valence-electron chi connectivity index (χ1n) is 5.47. The van der Waals surface area contributed by atoms with Crippen molar-refractivity contribution in [3.05, 3.63) is 64.7 Å². The van der Waals surface area contributed by atoms with Gasteiger partial charge in [0.1, 0.15) is 11.6 Å². The second-order valence-corrected chi connectivity index (χ2v) is 4.40. The molecule has 0 N–H and O–H groups in total. The molecule has 0 saturated heterocycles. The van der Waals surface area contributed by atoms with Crippen molar-refractivity contribution in [2.24, 2.45) is 0 Å². The Hall–Kier alpha value is -1.94. The average molecular weight is 282 g/mol. The van der Waals surface area contributed by atoms with Crippen molar-refractivity contribution in [1.29, 1.82) is 0 Å². The molecular formula is C14H10ClF2NO. The summed E-state index contributed by atoms with van der Waals surface area (Å²) in [7, 11) is 1.48. The van der Waals surface area contributed by atoms with Gasteiger partial charge in [-0.2, -0.15) is 0 Å². The summed E-state index contributed by atoms with van der Waals surface area (Å²) in [4.78, 5) is 13.4. The highest BCUT2D eigenvalue weighted by atomic mass is 35.5. The monoisotopic (exact) mass is 281 g/mol. The normalized spacial score (nSPS) is 10.3. The third kappa shape index (κ3) is 2.90. The lowest BCUT2D eigenvalue weighted by Gasteiger charge is -2.17. The first-order chi connectivity index (χ1) is 8.99. The third-order valence-corrected chi connectivity index (χ3v) is 2.91. The van der Waals surface area contributed by atoms with Crippen LogP contribution in [0.4, 0.5) is 14.5 Å². The van der Waals surface area contributed by atoms with E-state index in [1.165, 1.54) is 48.3 Å². The van der Waals surface area contributed by atoms with Crippen LogP contribution >= 0.6 is 11.6 Å². The lowest BCUT2D eigenvalue weighted by molar-refractivity contribution is 0.0989. The Balaban J connectivity index is 2.33. The fourth-order valence-electron chi connectivity index (χ4n) is 1.62. The molecule has 0 aliphatic rings. The molecule has 2 rings (SSSR count). The summed E-state index contributed by atoms with van der Waals surface area (Å²) in [6.45, 7) is 0. The fourth-order valence-corrected chi connectivity index (χ4v) is 1.80. The van der Waals surface area contributed by atoms with Gasteiger partial charge in [-0.25, -0.2) is 8.78 Å². The van der Waals surface area contributed by atoms with E-state index in [1.54, 1.807) is 0 Å². The Kier molecular flexibility index (Phi) is 3.81. The third-order valence-electron chi connectivity index (χ3n) is 2.68. The van der Waals surface area contributed by atoms with Gasteiger partial charge in [-0.15, -0.1) is 0 Å². The smallest absolute Gasteiger partial charge is 0.261 e. The zero-order valence-corrected chi connectivity index (χ0v) is 10.8. The highest BCUT2D eigenvalue weighted by molar-refractivity contribution is 6.31. The van der Waals surface area contributed by atoms with E-state index in [-0.39, 0.29) is 10.6 Å². The van der Waals surface area contributed by atoms with E-state index >= 15 is 0 Å². The van der Waals surface area contributed by atoms with Crippen molar-refractivity contribution >= 4 is 23.2 Å². The molecule has 1 amide bonds. The van der Waals surface area contributed by atoms with Crippen LogP contribution in [0.15, 0.2) is 42.5 Å². The molecule has 98 valence electrons. The zero-order chi connectivity index (χ0) is 14.0. The van der Waals surface area contributed by atoms with Crippen LogP contribution in [-0.4, -0.2) is 13.0 Å². The number of benzene rings is 2. The van der Waals surface area contributed by atoms with Gasteiger partial charge in [-0.3, -0.25) is 4.79 Å². The van der Waals surface area contributed by atoms with Crippen LogP contribution in [0.25, 0.3) is 0 Å². The molecule has 0 saturated carbocycles. The highest BCUT2D eigenvalue weighted by Gasteiger charge is 2.17. The van der Waals surface area contributed by atoms with Gasteiger partial charge in [-0.1, -0.05) is 11.6 Å². The molecule has 0 spiro atoms. The maximum atomic E-state index is 13.6. The minimum absolute atomic E-state index is 0.126. The van der Waals surface area contributed by atoms with E-state index in [4.69, 9.17) is 11.6 Å². The first-order valence-corrected chi connectivity index (χ1v) is 5.85. The average Bonchev–Trinajstić information content (AvgIpc) is 2.41. The summed E-state index contributed by atoms with van der Waals surface area (Å²) in [6.07, 6.45) is 0. The van der Waals surface area contributed by atoms with Gasteiger partial charge in [0, 0.05) is 17.8 Å². The molecule has 0 fully saturated rings. The van der Waals surface area contributed by atoms with Crippen molar-refractivity contribution in [1.82, 2.24) is 0 Å². The molecular weight excluding hydrogens is 272 g/mol. The highest BCUT2D eigenvalue weighted by Crippen LogP contribution is 2.20. The summed E-state index contributed by atoms with van der Waals surface area (Å²) < 4.78 is 26.4. The molecule has 2 aromatic carbocycles. The van der Waals surface area contributed by atoms with Crippen LogP contribution in [0.5, 0.6) is 0 Å². The number of anilines is 1. The molecule has 0 aliphatic carbocycles. The van der Waals surface area contributed by atoms with Gasteiger partial charge in [0.2, 0.25) is 0 Å². The van der Waals surface area contributed by atoms with E-state index < -0.39 is 17.5 Å². The number of amides is 1. The van der Waals surface area contributed by atoms with Crippen LogP contribution < -0.4 is 4.90 Å². The Morgan fingerprint density at radius 2 is 1.74 bits per heavy atom. The Morgan fingerprint density at radius 3 is 2.37 bits per heavy atom. The predicted octanol–water partition coefficient (Wildman–Crippen LogP) is 3.89. The van der Waals surface area contributed by atoms with Gasteiger partial charge in [0.25, 0.3) is 5.91 Å². The van der Waals surface area contributed by atoms with E-state index in [0.717, 1.165) is 6.07 Å². The van der Waals surface area contributed by atoms with Crippen LogP contribution in [0.1, 0.15) is 10.4 Å². The standard InChI is InChI=1S/C14H10ClF2NO/c1-18(11-5-3-10(16)4-6-11)14(19)12-8-9(15)2-7-13(12)17/h2-8H,1H3. The Labute approximate surface area is 114 Å². The summed E-state index contributed by atoms with van der Waals surface area (Å²) in [6, 6.07) is 9.10. The van der Waals surface area contributed by atoms with Crippen LogP contribution in [0.3, 0.4) is 0 Å². The largest absolute Gasteiger partial charge is 0.311 e. The molecule has 2 aromatic rings. The summed E-state index contributed by atoms with van der Waals surface area (Å²) in [5.74, 6) is -1.60. The molecule has 5 heteroatoms. The molecule has 0 aliphatic heterocycles. The molecule has 0 unspecified atom stereocenters. The molecule has 0 atom stereocenters. The molecule has 0 heterocycles. The summed E-state index contributed by atoms with van der Waals surface area (Å²) in [5, 5.41) is 0.275. The lowest BCUT2D eigenvalue weighted by Crippen LogP contribution is -2.27. The van der Waals surface area contributed by atoms with E-state index in [0.29, 0.717) is 5.69 Å². The minimum Gasteiger partial charge on any atom is -0.311 e. The van der Waals surface area contributed by atoms with E-state index in [1.807, 2.05) is 0 Å². The van der Waals surface area contributed by atoms with Crippen LogP contribution in [-0.2, 0) is 0 Å². The molecule has 0 bridgehead atoms. The number of hydrogen-bond donors (Lipinski definition) is 0. The second-order valence-electron chi connectivity index (χ2n) is 3.96. The molecule has 2 nitrogen and oxygen atoms in total. The van der Waals surface area contributed by atoms with E-state index in [2.05, 4.69) is 0 Å². The zero-order valence-electron chi connectivity index (χ0n) is 10.0. The van der Waals surface area contributed by atoms with E-state index in [9.17, 15) is 13.6 Å². The van der Waals surface area contributed by atoms with Crippen molar-refractivity contribution in [3.63, 3.8) is 0 Å². The van der Waals surface area contributed by atoms with Crippen molar-refractivity contribution in [3.8, 4) is 0 Å². The molecule has 0 aromatic heterocycles. The SMILES string of the molecule is CN(C(=O)c1cc(Cl)ccc1F)c1ccc(F)cc1. The van der Waals surface area contributed by atoms with Crippen molar-refractivity contribution in [2.75, 3.05) is 11.9 Å². The van der Waals surface area contributed by atoms with Gasteiger partial charge < -0.3 is 4.90 Å². The number of carbonyl (C=O) groups is 1. The number of carbonyl (C=O) groups excluding carboxylic acids is 1. The quantitative estimate of drug-likeness (QED) is 0.818. The molecule has 19 heavy (non-hydrogen) atoms. The Morgan fingerprint density at radius 1 is 1.11 bits per heavy atom. The lowest BCUT2D eigenvalue weighted by atomic mass is 10.1. The predicted molar refractivity (Wildman–Crippen MR) is 70.5 cm³/mol. The van der Waals surface area contributed by atoms with Crippen molar-refractivity contribution < 1.29 is 13.6 Å². The number of rotatable bonds is 2. The molecule has 0 radical (unpaired) electrons. The van der Waals surface area contributed by atoms with Gasteiger partial charge in [-0.05, 0) is 42.5 Å². The maximum Gasteiger partial charge on any atom is 0.261 e.